The van der Waals surface area contributed by atoms with E-state index in [-0.39, 0.29) is 5.02 Å². The SMILES string of the molecule is O=C(Nc1ccc(Nc2cc(N3CCCC3)cnn2)cc1)Nc1ccc(F)c(Cl)c1. The van der Waals surface area contributed by atoms with E-state index < -0.39 is 11.8 Å². The first-order valence-electron chi connectivity index (χ1n) is 9.55. The van der Waals surface area contributed by atoms with E-state index in [0.29, 0.717) is 17.2 Å². The van der Waals surface area contributed by atoms with Crippen molar-refractivity contribution in [2.75, 3.05) is 33.9 Å². The molecular formula is C21H20ClFN6O. The summed E-state index contributed by atoms with van der Waals surface area (Å²) in [4.78, 5) is 14.4. The molecule has 2 amide bonds. The van der Waals surface area contributed by atoms with Gasteiger partial charge in [0, 0.05) is 36.2 Å². The summed E-state index contributed by atoms with van der Waals surface area (Å²) >= 11 is 5.72. The van der Waals surface area contributed by atoms with Gasteiger partial charge in [0.15, 0.2) is 5.82 Å². The van der Waals surface area contributed by atoms with Crippen LogP contribution in [0.15, 0.2) is 54.7 Å². The second-order valence-corrected chi connectivity index (χ2v) is 7.31. The van der Waals surface area contributed by atoms with Crippen molar-refractivity contribution in [2.45, 2.75) is 12.8 Å². The van der Waals surface area contributed by atoms with E-state index in [2.05, 4.69) is 31.0 Å². The van der Waals surface area contributed by atoms with E-state index >= 15 is 0 Å². The van der Waals surface area contributed by atoms with E-state index in [1.807, 2.05) is 18.2 Å². The maximum Gasteiger partial charge on any atom is 0.323 e. The first-order chi connectivity index (χ1) is 14.6. The van der Waals surface area contributed by atoms with Crippen molar-refractivity contribution in [3.8, 4) is 0 Å². The molecule has 1 fully saturated rings. The predicted octanol–water partition coefficient (Wildman–Crippen LogP) is 5.26. The molecule has 0 radical (unpaired) electrons. The first-order valence-corrected chi connectivity index (χ1v) is 9.92. The van der Waals surface area contributed by atoms with Crippen LogP contribution in [0.2, 0.25) is 5.02 Å². The number of nitrogens with one attached hydrogen (secondary N) is 3. The zero-order valence-corrected chi connectivity index (χ0v) is 16.8. The third kappa shape index (κ3) is 4.96. The number of urea groups is 1. The summed E-state index contributed by atoms with van der Waals surface area (Å²) in [6.07, 6.45) is 4.17. The molecule has 0 bridgehead atoms. The van der Waals surface area contributed by atoms with Gasteiger partial charge in [-0.25, -0.2) is 9.18 Å². The van der Waals surface area contributed by atoms with Gasteiger partial charge in [0.2, 0.25) is 0 Å². The van der Waals surface area contributed by atoms with Gasteiger partial charge >= 0.3 is 6.03 Å². The lowest BCUT2D eigenvalue weighted by molar-refractivity contribution is 0.262. The van der Waals surface area contributed by atoms with Gasteiger partial charge < -0.3 is 20.9 Å². The third-order valence-corrected chi connectivity index (χ3v) is 4.99. The van der Waals surface area contributed by atoms with Crippen molar-refractivity contribution in [2.24, 2.45) is 0 Å². The quantitative estimate of drug-likeness (QED) is 0.518. The second kappa shape index (κ2) is 8.96. The van der Waals surface area contributed by atoms with Crippen molar-refractivity contribution in [1.29, 1.82) is 0 Å². The van der Waals surface area contributed by atoms with Gasteiger partial charge in [-0.2, -0.15) is 5.10 Å². The summed E-state index contributed by atoms with van der Waals surface area (Å²) in [6.45, 7) is 2.08. The Labute approximate surface area is 178 Å². The smallest absolute Gasteiger partial charge is 0.323 e. The fourth-order valence-electron chi connectivity index (χ4n) is 3.22. The van der Waals surface area contributed by atoms with Crippen LogP contribution >= 0.6 is 11.6 Å². The van der Waals surface area contributed by atoms with Gasteiger partial charge in [0.1, 0.15) is 5.82 Å². The lowest BCUT2D eigenvalue weighted by Crippen LogP contribution is -2.19. The van der Waals surface area contributed by atoms with Gasteiger partial charge in [0.25, 0.3) is 0 Å². The van der Waals surface area contributed by atoms with Gasteiger partial charge in [-0.3, -0.25) is 0 Å². The Balaban J connectivity index is 1.35. The number of carbonyl (C=O) groups excluding carboxylic acids is 1. The molecule has 4 rings (SSSR count). The van der Waals surface area contributed by atoms with Crippen LogP contribution in [0.3, 0.4) is 0 Å². The molecule has 30 heavy (non-hydrogen) atoms. The van der Waals surface area contributed by atoms with Gasteiger partial charge in [0.05, 0.1) is 16.9 Å². The molecular weight excluding hydrogens is 407 g/mol. The van der Waals surface area contributed by atoms with Crippen molar-refractivity contribution >= 4 is 46.2 Å². The third-order valence-electron chi connectivity index (χ3n) is 4.70. The Kier molecular flexibility index (Phi) is 5.94. The monoisotopic (exact) mass is 426 g/mol. The minimum atomic E-state index is -0.540. The minimum Gasteiger partial charge on any atom is -0.370 e. The Morgan fingerprint density at radius 1 is 0.967 bits per heavy atom. The highest BCUT2D eigenvalue weighted by molar-refractivity contribution is 6.31. The van der Waals surface area contributed by atoms with E-state index in [1.54, 1.807) is 18.3 Å². The fourth-order valence-corrected chi connectivity index (χ4v) is 3.40. The molecule has 0 saturated carbocycles. The van der Waals surface area contributed by atoms with Crippen molar-refractivity contribution in [3.05, 3.63) is 65.6 Å². The Morgan fingerprint density at radius 2 is 1.63 bits per heavy atom. The predicted molar refractivity (Wildman–Crippen MR) is 117 cm³/mol. The number of nitrogens with zero attached hydrogens (tertiary/aromatic N) is 3. The summed E-state index contributed by atoms with van der Waals surface area (Å²) in [5.74, 6) is 0.118. The Hall–Kier alpha value is -3.39. The summed E-state index contributed by atoms with van der Waals surface area (Å²) in [7, 11) is 0. The molecule has 0 unspecified atom stereocenters. The molecule has 1 aliphatic heterocycles. The average Bonchev–Trinajstić information content (AvgIpc) is 3.27. The number of carbonyl (C=O) groups is 1. The number of hydrogen-bond donors (Lipinski definition) is 3. The fraction of sp³-hybridized carbons (Fsp3) is 0.190. The summed E-state index contributed by atoms with van der Waals surface area (Å²) in [5.41, 5.74) is 2.87. The molecule has 3 N–H and O–H groups in total. The Morgan fingerprint density at radius 3 is 2.37 bits per heavy atom. The van der Waals surface area contributed by atoms with Crippen molar-refractivity contribution in [1.82, 2.24) is 10.2 Å². The maximum atomic E-state index is 13.2. The first kappa shape index (κ1) is 19.9. The molecule has 2 aromatic carbocycles. The minimum absolute atomic E-state index is 0.0554. The molecule has 7 nitrogen and oxygen atoms in total. The molecule has 9 heteroatoms. The van der Waals surface area contributed by atoms with Crippen LogP contribution < -0.4 is 20.9 Å². The van der Waals surface area contributed by atoms with E-state index in [1.165, 1.54) is 31.0 Å². The zero-order chi connectivity index (χ0) is 20.9. The van der Waals surface area contributed by atoms with Crippen LogP contribution in [0.25, 0.3) is 0 Å². The molecule has 0 spiro atoms. The summed E-state index contributed by atoms with van der Waals surface area (Å²) in [5, 5.41) is 16.7. The normalized spacial score (nSPS) is 13.2. The number of anilines is 5. The van der Waals surface area contributed by atoms with Crippen LogP contribution in [-0.2, 0) is 0 Å². The van der Waals surface area contributed by atoms with Crippen LogP contribution in [0.4, 0.5) is 37.8 Å². The standard InChI is InChI=1S/C21H20ClFN6O/c22-18-11-16(7-8-19(18)23)27-21(30)26-15-5-3-14(4-6-15)25-20-12-17(13-24-28-20)29-9-1-2-10-29/h3-8,11-13H,1-2,9-10H2,(H,25,28)(H2,26,27,30). The lowest BCUT2D eigenvalue weighted by atomic mass is 10.2. The van der Waals surface area contributed by atoms with Crippen LogP contribution in [0.1, 0.15) is 12.8 Å². The number of rotatable bonds is 5. The number of aromatic nitrogens is 2. The highest BCUT2D eigenvalue weighted by atomic mass is 35.5. The zero-order valence-electron chi connectivity index (χ0n) is 16.0. The van der Waals surface area contributed by atoms with Gasteiger partial charge in [-0.15, -0.1) is 5.10 Å². The molecule has 2 heterocycles. The molecule has 1 aliphatic rings. The number of benzene rings is 2. The van der Waals surface area contributed by atoms with Crippen LogP contribution in [-0.4, -0.2) is 29.3 Å². The Bertz CT molecular complexity index is 1040. The van der Waals surface area contributed by atoms with E-state index in [0.717, 1.165) is 24.5 Å². The maximum absolute atomic E-state index is 13.2. The molecule has 0 aliphatic carbocycles. The van der Waals surface area contributed by atoms with Crippen molar-refractivity contribution < 1.29 is 9.18 Å². The highest BCUT2D eigenvalue weighted by Crippen LogP contribution is 2.24. The summed E-state index contributed by atoms with van der Waals surface area (Å²) in [6, 6.07) is 12.7. The molecule has 154 valence electrons. The average molecular weight is 427 g/mol. The van der Waals surface area contributed by atoms with Crippen LogP contribution in [0, 0.1) is 5.82 Å². The summed E-state index contributed by atoms with van der Waals surface area (Å²) < 4.78 is 13.2. The molecule has 3 aromatic rings. The second-order valence-electron chi connectivity index (χ2n) is 6.90. The molecule has 1 saturated heterocycles. The number of amides is 2. The molecule has 1 aromatic heterocycles. The highest BCUT2D eigenvalue weighted by Gasteiger charge is 2.13. The number of hydrogen-bond acceptors (Lipinski definition) is 5. The van der Waals surface area contributed by atoms with E-state index in [9.17, 15) is 9.18 Å². The topological polar surface area (TPSA) is 82.2 Å². The van der Waals surface area contributed by atoms with Crippen molar-refractivity contribution in [3.63, 3.8) is 0 Å². The largest absolute Gasteiger partial charge is 0.370 e. The van der Waals surface area contributed by atoms with E-state index in [4.69, 9.17) is 11.6 Å². The van der Waals surface area contributed by atoms with Gasteiger partial charge in [-0.05, 0) is 55.3 Å². The van der Waals surface area contributed by atoms with Crippen LogP contribution in [0.5, 0.6) is 0 Å². The van der Waals surface area contributed by atoms with Gasteiger partial charge in [-0.1, -0.05) is 11.6 Å². The lowest BCUT2D eigenvalue weighted by Gasteiger charge is -2.17. The molecule has 0 atom stereocenters. The number of halogens is 2.